The van der Waals surface area contributed by atoms with E-state index >= 15 is 0 Å². The van der Waals surface area contributed by atoms with Gasteiger partial charge in [0.2, 0.25) is 5.91 Å². The van der Waals surface area contributed by atoms with Crippen LogP contribution in [0.5, 0.6) is 0 Å². The lowest BCUT2D eigenvalue weighted by Gasteiger charge is -2.19. The molecule has 0 atom stereocenters. The van der Waals surface area contributed by atoms with Crippen LogP contribution in [-0.2, 0) is 11.3 Å². The summed E-state index contributed by atoms with van der Waals surface area (Å²) < 4.78 is 0.979. The van der Waals surface area contributed by atoms with E-state index in [1.165, 1.54) is 0 Å². The molecule has 3 rings (SSSR count). The standard InChI is InChI=1S/C24H24BrN3O2/c1-4-28(17(3)29)15-18-7-5-10-21(13-18)27-24(30)22-11-12-23(26-16(22)2)19-8-6-9-20(25)14-19/h5-14H,4,15H2,1-3H3,(H,27,30). The van der Waals surface area contributed by atoms with Gasteiger partial charge in [-0.25, -0.2) is 0 Å². The molecule has 3 aromatic rings. The Bertz CT molecular complexity index is 1080. The third-order valence-electron chi connectivity index (χ3n) is 4.84. The molecule has 0 radical (unpaired) electrons. The van der Waals surface area contributed by atoms with Gasteiger partial charge in [-0.05, 0) is 55.8 Å². The molecule has 0 unspecified atom stereocenters. The number of carbonyl (C=O) groups is 2. The number of aromatic nitrogens is 1. The SMILES string of the molecule is CCN(Cc1cccc(NC(=O)c2ccc(-c3cccc(Br)c3)nc2C)c1)C(C)=O. The topological polar surface area (TPSA) is 62.3 Å². The van der Waals surface area contributed by atoms with Crippen molar-refractivity contribution in [3.05, 3.63) is 82.0 Å². The largest absolute Gasteiger partial charge is 0.339 e. The van der Waals surface area contributed by atoms with Crippen LogP contribution in [0, 0.1) is 6.92 Å². The van der Waals surface area contributed by atoms with Gasteiger partial charge >= 0.3 is 0 Å². The molecule has 1 heterocycles. The highest BCUT2D eigenvalue weighted by atomic mass is 79.9. The average Bonchev–Trinajstić information content (AvgIpc) is 2.72. The molecule has 6 heteroatoms. The van der Waals surface area contributed by atoms with Crippen LogP contribution in [0.3, 0.4) is 0 Å². The molecule has 2 aromatic carbocycles. The first kappa shape index (κ1) is 21.7. The van der Waals surface area contributed by atoms with E-state index in [9.17, 15) is 9.59 Å². The predicted octanol–water partition coefficient (Wildman–Crippen LogP) is 5.44. The van der Waals surface area contributed by atoms with Gasteiger partial charge < -0.3 is 10.2 Å². The number of pyridine rings is 1. The molecule has 154 valence electrons. The summed E-state index contributed by atoms with van der Waals surface area (Å²) in [5.74, 6) is -0.184. The number of halogens is 1. The molecule has 0 aliphatic heterocycles. The first-order valence-electron chi connectivity index (χ1n) is 9.76. The van der Waals surface area contributed by atoms with E-state index in [1.807, 2.05) is 68.4 Å². The highest BCUT2D eigenvalue weighted by molar-refractivity contribution is 9.10. The van der Waals surface area contributed by atoms with Crippen molar-refractivity contribution in [3.63, 3.8) is 0 Å². The van der Waals surface area contributed by atoms with Gasteiger partial charge in [0, 0.05) is 35.7 Å². The molecule has 1 N–H and O–H groups in total. The number of hydrogen-bond acceptors (Lipinski definition) is 3. The fourth-order valence-electron chi connectivity index (χ4n) is 3.22. The van der Waals surface area contributed by atoms with E-state index in [-0.39, 0.29) is 11.8 Å². The van der Waals surface area contributed by atoms with E-state index in [0.29, 0.717) is 30.0 Å². The number of hydrogen-bond donors (Lipinski definition) is 1. The Morgan fingerprint density at radius 1 is 1.07 bits per heavy atom. The summed E-state index contributed by atoms with van der Waals surface area (Å²) in [6, 6.07) is 19.1. The zero-order chi connectivity index (χ0) is 21.7. The third-order valence-corrected chi connectivity index (χ3v) is 5.33. The van der Waals surface area contributed by atoms with Gasteiger partial charge in [-0.3, -0.25) is 14.6 Å². The van der Waals surface area contributed by atoms with Gasteiger partial charge in [0.25, 0.3) is 5.91 Å². The number of anilines is 1. The Morgan fingerprint density at radius 3 is 2.50 bits per heavy atom. The molecule has 0 fully saturated rings. The summed E-state index contributed by atoms with van der Waals surface area (Å²) in [5.41, 5.74) is 4.64. The number of nitrogens with one attached hydrogen (secondary N) is 1. The minimum absolute atomic E-state index is 0.0270. The van der Waals surface area contributed by atoms with Crippen LogP contribution < -0.4 is 5.32 Å². The van der Waals surface area contributed by atoms with Crippen molar-refractivity contribution < 1.29 is 9.59 Å². The summed E-state index contributed by atoms with van der Waals surface area (Å²) in [6.45, 7) is 6.49. The van der Waals surface area contributed by atoms with Gasteiger partial charge in [0.15, 0.2) is 0 Å². The van der Waals surface area contributed by atoms with Crippen LogP contribution in [0.1, 0.15) is 35.5 Å². The lowest BCUT2D eigenvalue weighted by molar-refractivity contribution is -0.129. The quantitative estimate of drug-likeness (QED) is 0.526. The Hall–Kier alpha value is -2.99. The number of rotatable bonds is 6. The van der Waals surface area contributed by atoms with Crippen LogP contribution in [0.25, 0.3) is 11.3 Å². The van der Waals surface area contributed by atoms with Gasteiger partial charge in [-0.1, -0.05) is 40.2 Å². The van der Waals surface area contributed by atoms with Gasteiger partial charge in [-0.15, -0.1) is 0 Å². The lowest BCUT2D eigenvalue weighted by atomic mass is 10.1. The van der Waals surface area contributed by atoms with Crippen LogP contribution >= 0.6 is 15.9 Å². The monoisotopic (exact) mass is 465 g/mol. The molecule has 0 spiro atoms. The molecular formula is C24H24BrN3O2. The average molecular weight is 466 g/mol. The van der Waals surface area contributed by atoms with E-state index in [0.717, 1.165) is 21.3 Å². The maximum absolute atomic E-state index is 12.8. The van der Waals surface area contributed by atoms with E-state index in [4.69, 9.17) is 0 Å². The Balaban J connectivity index is 1.76. The summed E-state index contributed by atoms with van der Waals surface area (Å²) in [7, 11) is 0. The molecule has 0 aliphatic rings. The Kier molecular flexibility index (Phi) is 7.00. The number of aryl methyl sites for hydroxylation is 1. The number of amides is 2. The summed E-state index contributed by atoms with van der Waals surface area (Å²) in [6.07, 6.45) is 0. The summed E-state index contributed by atoms with van der Waals surface area (Å²) in [4.78, 5) is 30.8. The first-order chi connectivity index (χ1) is 14.4. The van der Waals surface area contributed by atoms with Crippen molar-refractivity contribution >= 4 is 33.4 Å². The van der Waals surface area contributed by atoms with Crippen LogP contribution in [0.4, 0.5) is 5.69 Å². The number of carbonyl (C=O) groups excluding carboxylic acids is 2. The maximum atomic E-state index is 12.8. The number of benzene rings is 2. The normalized spacial score (nSPS) is 10.5. The predicted molar refractivity (Wildman–Crippen MR) is 123 cm³/mol. The van der Waals surface area contributed by atoms with Crippen molar-refractivity contribution in [1.29, 1.82) is 0 Å². The van der Waals surface area contributed by atoms with Crippen molar-refractivity contribution in [1.82, 2.24) is 9.88 Å². The minimum atomic E-state index is -0.211. The first-order valence-corrected chi connectivity index (χ1v) is 10.6. The molecule has 2 amide bonds. The molecule has 0 bridgehead atoms. The van der Waals surface area contributed by atoms with Crippen molar-refractivity contribution in [2.24, 2.45) is 0 Å². The van der Waals surface area contributed by atoms with Gasteiger partial charge in [0.1, 0.15) is 0 Å². The smallest absolute Gasteiger partial charge is 0.257 e. The van der Waals surface area contributed by atoms with E-state index in [1.54, 1.807) is 17.9 Å². The molecule has 0 saturated carbocycles. The highest BCUT2D eigenvalue weighted by Gasteiger charge is 2.13. The Morgan fingerprint density at radius 2 is 1.83 bits per heavy atom. The fraction of sp³-hybridized carbons (Fsp3) is 0.208. The molecule has 0 saturated heterocycles. The van der Waals surface area contributed by atoms with Crippen LogP contribution in [0.15, 0.2) is 65.1 Å². The fourth-order valence-corrected chi connectivity index (χ4v) is 3.62. The molecule has 0 aliphatic carbocycles. The Labute approximate surface area is 185 Å². The second kappa shape index (κ2) is 9.67. The lowest BCUT2D eigenvalue weighted by Crippen LogP contribution is -2.27. The van der Waals surface area contributed by atoms with Crippen LogP contribution in [-0.4, -0.2) is 28.2 Å². The second-order valence-corrected chi connectivity index (χ2v) is 7.94. The maximum Gasteiger partial charge on any atom is 0.257 e. The van der Waals surface area contributed by atoms with Crippen molar-refractivity contribution in [2.75, 3.05) is 11.9 Å². The van der Waals surface area contributed by atoms with Gasteiger partial charge in [-0.2, -0.15) is 0 Å². The molecular weight excluding hydrogens is 442 g/mol. The molecule has 1 aromatic heterocycles. The molecule has 5 nitrogen and oxygen atoms in total. The van der Waals surface area contributed by atoms with E-state index in [2.05, 4.69) is 26.2 Å². The van der Waals surface area contributed by atoms with Crippen molar-refractivity contribution in [2.45, 2.75) is 27.3 Å². The van der Waals surface area contributed by atoms with E-state index < -0.39 is 0 Å². The minimum Gasteiger partial charge on any atom is -0.339 e. The molecule has 30 heavy (non-hydrogen) atoms. The van der Waals surface area contributed by atoms with Crippen LogP contribution in [0.2, 0.25) is 0 Å². The van der Waals surface area contributed by atoms with Crippen molar-refractivity contribution in [3.8, 4) is 11.3 Å². The third kappa shape index (κ3) is 5.33. The highest BCUT2D eigenvalue weighted by Crippen LogP contribution is 2.23. The van der Waals surface area contributed by atoms with Gasteiger partial charge in [0.05, 0.1) is 17.0 Å². The number of nitrogens with zero attached hydrogens (tertiary/aromatic N) is 2. The summed E-state index contributed by atoms with van der Waals surface area (Å²) >= 11 is 3.47. The zero-order valence-electron chi connectivity index (χ0n) is 17.3. The summed E-state index contributed by atoms with van der Waals surface area (Å²) in [5, 5.41) is 2.94. The second-order valence-electron chi connectivity index (χ2n) is 7.03. The zero-order valence-corrected chi connectivity index (χ0v) is 18.9.